The molecule has 4 nitrogen and oxygen atoms in total. The second kappa shape index (κ2) is 5.88. The van der Waals surface area contributed by atoms with E-state index in [1.807, 2.05) is 17.5 Å². The molecule has 0 saturated carbocycles. The number of halogens is 1. The molecule has 1 aliphatic heterocycles. The summed E-state index contributed by atoms with van der Waals surface area (Å²) in [6, 6.07) is 7.58. The highest BCUT2D eigenvalue weighted by molar-refractivity contribution is 7.10. The van der Waals surface area contributed by atoms with Crippen LogP contribution in [-0.2, 0) is 9.59 Å². The van der Waals surface area contributed by atoms with Gasteiger partial charge in [-0.3, -0.25) is 9.59 Å². The Morgan fingerprint density at radius 2 is 2.27 bits per heavy atom. The SMILES string of the molecule is CCC(=O)N1CC(=O)Nc2ccc(F)cc2C1c1cccs1. The molecule has 0 spiro atoms. The summed E-state index contributed by atoms with van der Waals surface area (Å²) in [7, 11) is 0. The minimum absolute atomic E-state index is 0.0362. The van der Waals surface area contributed by atoms with Crippen LogP contribution in [0.3, 0.4) is 0 Å². The molecule has 2 heterocycles. The molecule has 0 saturated heterocycles. The summed E-state index contributed by atoms with van der Waals surface area (Å²) in [4.78, 5) is 26.8. The van der Waals surface area contributed by atoms with Gasteiger partial charge in [0.25, 0.3) is 0 Å². The lowest BCUT2D eigenvalue weighted by Crippen LogP contribution is -2.38. The summed E-state index contributed by atoms with van der Waals surface area (Å²) in [5.41, 5.74) is 1.16. The van der Waals surface area contributed by atoms with Crippen LogP contribution in [0.5, 0.6) is 0 Å². The fourth-order valence-electron chi connectivity index (χ4n) is 2.67. The van der Waals surface area contributed by atoms with E-state index in [9.17, 15) is 14.0 Å². The quantitative estimate of drug-likeness (QED) is 0.924. The molecule has 1 N–H and O–H groups in total. The van der Waals surface area contributed by atoms with E-state index in [-0.39, 0.29) is 24.2 Å². The van der Waals surface area contributed by atoms with Gasteiger partial charge in [0.15, 0.2) is 0 Å². The Hall–Kier alpha value is -2.21. The maximum atomic E-state index is 13.7. The molecule has 0 radical (unpaired) electrons. The van der Waals surface area contributed by atoms with E-state index < -0.39 is 6.04 Å². The van der Waals surface area contributed by atoms with Crippen molar-refractivity contribution in [1.29, 1.82) is 0 Å². The maximum Gasteiger partial charge on any atom is 0.244 e. The zero-order valence-corrected chi connectivity index (χ0v) is 12.8. The molecule has 6 heteroatoms. The first-order chi connectivity index (χ1) is 10.6. The molecule has 114 valence electrons. The van der Waals surface area contributed by atoms with E-state index in [1.165, 1.54) is 28.4 Å². The number of hydrogen-bond acceptors (Lipinski definition) is 3. The molecule has 22 heavy (non-hydrogen) atoms. The molecule has 1 unspecified atom stereocenters. The Bertz CT molecular complexity index is 715. The Morgan fingerprint density at radius 3 is 2.95 bits per heavy atom. The molecule has 1 aliphatic rings. The van der Waals surface area contributed by atoms with Gasteiger partial charge in [-0.15, -0.1) is 11.3 Å². The van der Waals surface area contributed by atoms with Crippen LogP contribution in [-0.4, -0.2) is 23.3 Å². The average molecular weight is 318 g/mol. The highest BCUT2D eigenvalue weighted by Crippen LogP contribution is 2.38. The summed E-state index contributed by atoms with van der Waals surface area (Å²) in [6.45, 7) is 1.72. The largest absolute Gasteiger partial charge is 0.324 e. The van der Waals surface area contributed by atoms with Crippen LogP contribution in [0.15, 0.2) is 35.7 Å². The van der Waals surface area contributed by atoms with Crippen molar-refractivity contribution in [3.8, 4) is 0 Å². The number of hydrogen-bond donors (Lipinski definition) is 1. The number of nitrogens with one attached hydrogen (secondary N) is 1. The number of thiophene rings is 1. The number of amides is 2. The van der Waals surface area contributed by atoms with Gasteiger partial charge in [-0.1, -0.05) is 13.0 Å². The number of carbonyl (C=O) groups is 2. The zero-order chi connectivity index (χ0) is 15.7. The van der Waals surface area contributed by atoms with E-state index >= 15 is 0 Å². The lowest BCUT2D eigenvalue weighted by molar-refractivity contribution is -0.135. The number of nitrogens with zero attached hydrogens (tertiary/aromatic N) is 1. The van der Waals surface area contributed by atoms with Crippen LogP contribution in [0.1, 0.15) is 29.8 Å². The van der Waals surface area contributed by atoms with Crippen LogP contribution in [0, 0.1) is 5.82 Å². The fourth-order valence-corrected chi connectivity index (χ4v) is 3.52. The normalized spacial score (nSPS) is 17.6. The van der Waals surface area contributed by atoms with Gasteiger partial charge in [0.1, 0.15) is 12.4 Å². The number of fused-ring (bicyclic) bond motifs is 1. The Labute approximate surface area is 131 Å². The van der Waals surface area contributed by atoms with Crippen molar-refractivity contribution in [3.63, 3.8) is 0 Å². The van der Waals surface area contributed by atoms with E-state index in [0.717, 1.165) is 4.88 Å². The van der Waals surface area contributed by atoms with Gasteiger partial charge in [0.2, 0.25) is 11.8 Å². The summed E-state index contributed by atoms with van der Waals surface area (Å²) in [5.74, 6) is -0.792. The van der Waals surface area contributed by atoms with Gasteiger partial charge < -0.3 is 10.2 Å². The third-order valence-corrected chi connectivity index (χ3v) is 4.57. The molecule has 0 aliphatic carbocycles. The average Bonchev–Trinajstić information content (AvgIpc) is 2.97. The molecule has 0 fully saturated rings. The van der Waals surface area contributed by atoms with Gasteiger partial charge in [-0.25, -0.2) is 4.39 Å². The first-order valence-corrected chi connectivity index (χ1v) is 7.90. The first kappa shape index (κ1) is 14.7. The van der Waals surface area contributed by atoms with Crippen molar-refractivity contribution in [2.75, 3.05) is 11.9 Å². The molecular weight excluding hydrogens is 303 g/mol. The van der Waals surface area contributed by atoms with Crippen molar-refractivity contribution < 1.29 is 14.0 Å². The lowest BCUT2D eigenvalue weighted by atomic mass is 10.0. The van der Waals surface area contributed by atoms with Crippen molar-refractivity contribution in [2.45, 2.75) is 19.4 Å². The minimum Gasteiger partial charge on any atom is -0.324 e. The smallest absolute Gasteiger partial charge is 0.244 e. The predicted molar refractivity (Wildman–Crippen MR) is 83.2 cm³/mol. The fraction of sp³-hybridized carbons (Fsp3) is 0.250. The van der Waals surface area contributed by atoms with Crippen LogP contribution < -0.4 is 5.32 Å². The zero-order valence-electron chi connectivity index (χ0n) is 12.0. The van der Waals surface area contributed by atoms with Crippen molar-refractivity contribution in [2.24, 2.45) is 0 Å². The molecule has 1 atom stereocenters. The molecule has 3 rings (SSSR count). The van der Waals surface area contributed by atoms with Crippen molar-refractivity contribution in [1.82, 2.24) is 4.90 Å². The predicted octanol–water partition coefficient (Wildman–Crippen LogP) is 3.17. The first-order valence-electron chi connectivity index (χ1n) is 7.02. The highest BCUT2D eigenvalue weighted by atomic mass is 32.1. The topological polar surface area (TPSA) is 49.4 Å². The summed E-state index contributed by atoms with van der Waals surface area (Å²) in [6.07, 6.45) is 0.291. The Balaban J connectivity index is 2.19. The van der Waals surface area contributed by atoms with Crippen LogP contribution in [0.4, 0.5) is 10.1 Å². The molecule has 0 bridgehead atoms. The maximum absolute atomic E-state index is 13.7. The second-order valence-corrected chi connectivity index (χ2v) is 6.05. The highest BCUT2D eigenvalue weighted by Gasteiger charge is 2.33. The third-order valence-electron chi connectivity index (χ3n) is 3.64. The number of anilines is 1. The van der Waals surface area contributed by atoms with Gasteiger partial charge in [0.05, 0.1) is 6.04 Å². The van der Waals surface area contributed by atoms with Crippen LogP contribution in [0.2, 0.25) is 0 Å². The van der Waals surface area contributed by atoms with Gasteiger partial charge in [-0.05, 0) is 29.6 Å². The summed E-state index contributed by atoms with van der Waals surface area (Å²) >= 11 is 1.49. The molecule has 2 amide bonds. The van der Waals surface area contributed by atoms with E-state index in [0.29, 0.717) is 17.7 Å². The van der Waals surface area contributed by atoms with Gasteiger partial charge >= 0.3 is 0 Å². The number of rotatable bonds is 2. The van der Waals surface area contributed by atoms with Gasteiger partial charge in [0, 0.05) is 22.5 Å². The van der Waals surface area contributed by atoms with Crippen LogP contribution >= 0.6 is 11.3 Å². The standard InChI is InChI=1S/C16H15FN2O2S/c1-2-15(21)19-9-14(20)18-12-6-5-10(17)8-11(12)16(19)13-4-3-7-22-13/h3-8,16H,2,9H2,1H3,(H,18,20). The van der Waals surface area contributed by atoms with E-state index in [2.05, 4.69) is 5.32 Å². The monoisotopic (exact) mass is 318 g/mol. The summed E-state index contributed by atoms with van der Waals surface area (Å²) < 4.78 is 13.7. The Kier molecular flexibility index (Phi) is 3.94. The summed E-state index contributed by atoms with van der Waals surface area (Å²) in [5, 5.41) is 4.66. The molecular formula is C16H15FN2O2S. The third kappa shape index (κ3) is 2.62. The number of carbonyl (C=O) groups excluding carboxylic acids is 2. The lowest BCUT2D eigenvalue weighted by Gasteiger charge is -2.29. The van der Waals surface area contributed by atoms with Crippen LogP contribution in [0.25, 0.3) is 0 Å². The van der Waals surface area contributed by atoms with Crippen molar-refractivity contribution in [3.05, 3.63) is 52.0 Å². The van der Waals surface area contributed by atoms with Gasteiger partial charge in [-0.2, -0.15) is 0 Å². The molecule has 2 aromatic rings. The van der Waals surface area contributed by atoms with E-state index in [4.69, 9.17) is 0 Å². The molecule has 1 aromatic heterocycles. The Morgan fingerprint density at radius 1 is 1.45 bits per heavy atom. The number of benzene rings is 1. The molecule has 1 aromatic carbocycles. The van der Waals surface area contributed by atoms with E-state index in [1.54, 1.807) is 13.0 Å². The van der Waals surface area contributed by atoms with Crippen molar-refractivity contribution >= 4 is 28.8 Å². The second-order valence-electron chi connectivity index (χ2n) is 5.07. The minimum atomic E-state index is -0.447.